The highest BCUT2D eigenvalue weighted by Gasteiger charge is 2.15. The Morgan fingerprint density at radius 1 is 1.50 bits per heavy atom. The largest absolute Gasteiger partial charge is 0.507 e. The number of carboxylic acid groups (broad SMARTS) is 1. The first kappa shape index (κ1) is 11.8. The van der Waals surface area contributed by atoms with E-state index >= 15 is 0 Å². The molecular formula is C11H9NO4. The Labute approximate surface area is 91.5 Å². The van der Waals surface area contributed by atoms with Crippen molar-refractivity contribution in [2.45, 2.75) is 0 Å². The number of phenolic OH excluding ortho intramolecular Hbond substituents is 1. The molecule has 0 aliphatic rings. The molecule has 5 nitrogen and oxygen atoms in total. The Bertz CT molecular complexity index is 497. The van der Waals surface area contributed by atoms with E-state index in [-0.39, 0.29) is 29.0 Å². The highest BCUT2D eigenvalue weighted by molar-refractivity contribution is 5.96. The topological polar surface area (TPSA) is 101 Å². The van der Waals surface area contributed by atoms with Gasteiger partial charge in [0.15, 0.2) is 6.29 Å². The molecule has 0 fully saturated rings. The minimum Gasteiger partial charge on any atom is -0.507 e. The summed E-state index contributed by atoms with van der Waals surface area (Å²) in [6, 6.07) is 2.33. The van der Waals surface area contributed by atoms with E-state index in [0.29, 0.717) is 6.29 Å². The quantitative estimate of drug-likeness (QED) is 0.487. The standard InChI is InChI=1S/C11H9NO4/c12-5-1-2-7-8(11(15)16)3-4-10(14)9(7)6-13/h3-4,6,14H,5,12H2,(H,15,16). The molecule has 5 heteroatoms. The average molecular weight is 219 g/mol. The van der Waals surface area contributed by atoms with Crippen molar-refractivity contribution in [2.24, 2.45) is 5.73 Å². The molecule has 0 unspecified atom stereocenters. The Morgan fingerprint density at radius 3 is 2.69 bits per heavy atom. The fourth-order valence-corrected chi connectivity index (χ4v) is 1.18. The molecule has 1 aromatic carbocycles. The normalized spacial score (nSPS) is 9.06. The summed E-state index contributed by atoms with van der Waals surface area (Å²) in [6.07, 6.45) is 0.363. The lowest BCUT2D eigenvalue weighted by Crippen LogP contribution is -2.04. The van der Waals surface area contributed by atoms with Crippen LogP contribution >= 0.6 is 0 Å². The Morgan fingerprint density at radius 2 is 2.19 bits per heavy atom. The van der Waals surface area contributed by atoms with Crippen LogP contribution in [0.2, 0.25) is 0 Å². The molecule has 0 bridgehead atoms. The van der Waals surface area contributed by atoms with E-state index in [0.717, 1.165) is 6.07 Å². The number of phenols is 1. The van der Waals surface area contributed by atoms with Crippen LogP contribution in [0.15, 0.2) is 12.1 Å². The number of nitrogens with two attached hydrogens (primary N) is 1. The van der Waals surface area contributed by atoms with Crippen molar-refractivity contribution in [3.8, 4) is 17.6 Å². The van der Waals surface area contributed by atoms with E-state index < -0.39 is 5.97 Å². The van der Waals surface area contributed by atoms with Crippen LogP contribution in [0.5, 0.6) is 5.75 Å². The number of aromatic carboxylic acids is 1. The third-order valence-corrected chi connectivity index (χ3v) is 1.89. The summed E-state index contributed by atoms with van der Waals surface area (Å²) < 4.78 is 0. The number of aromatic hydroxyl groups is 1. The molecule has 82 valence electrons. The number of benzene rings is 1. The molecule has 0 aliphatic heterocycles. The maximum Gasteiger partial charge on any atom is 0.336 e. The van der Waals surface area contributed by atoms with Gasteiger partial charge in [-0.2, -0.15) is 0 Å². The number of carbonyl (C=O) groups is 2. The van der Waals surface area contributed by atoms with Crippen LogP contribution in [0.1, 0.15) is 26.3 Å². The smallest absolute Gasteiger partial charge is 0.336 e. The lowest BCUT2D eigenvalue weighted by atomic mass is 10.0. The Hall–Kier alpha value is -2.32. The summed E-state index contributed by atoms with van der Waals surface area (Å²) in [6.45, 7) is 0.0347. The summed E-state index contributed by atoms with van der Waals surface area (Å²) >= 11 is 0. The van der Waals surface area contributed by atoms with Gasteiger partial charge in [0.05, 0.1) is 23.2 Å². The van der Waals surface area contributed by atoms with Gasteiger partial charge in [-0.15, -0.1) is 0 Å². The zero-order valence-corrected chi connectivity index (χ0v) is 8.23. The van der Waals surface area contributed by atoms with E-state index in [1.165, 1.54) is 6.07 Å². The van der Waals surface area contributed by atoms with Gasteiger partial charge < -0.3 is 15.9 Å². The third kappa shape index (κ3) is 2.19. The highest BCUT2D eigenvalue weighted by Crippen LogP contribution is 2.22. The molecular weight excluding hydrogens is 210 g/mol. The SMILES string of the molecule is NCC#Cc1c(C(=O)O)ccc(O)c1C=O. The van der Waals surface area contributed by atoms with E-state index in [1.807, 2.05) is 0 Å². The third-order valence-electron chi connectivity index (χ3n) is 1.89. The zero-order chi connectivity index (χ0) is 12.1. The molecule has 4 N–H and O–H groups in total. The van der Waals surface area contributed by atoms with Crippen molar-refractivity contribution < 1.29 is 19.8 Å². The minimum absolute atomic E-state index is 0.0204. The van der Waals surface area contributed by atoms with Gasteiger partial charge in [-0.25, -0.2) is 4.79 Å². The molecule has 0 atom stereocenters. The van der Waals surface area contributed by atoms with Gasteiger partial charge in [0, 0.05) is 0 Å². The van der Waals surface area contributed by atoms with Crippen LogP contribution in [0, 0.1) is 11.8 Å². The molecule has 1 aromatic rings. The van der Waals surface area contributed by atoms with Crippen LogP contribution in [0.3, 0.4) is 0 Å². The number of carbonyl (C=O) groups excluding carboxylic acids is 1. The summed E-state index contributed by atoms with van der Waals surface area (Å²) in [5.74, 6) is 3.39. The highest BCUT2D eigenvalue weighted by atomic mass is 16.4. The number of aldehydes is 1. The molecule has 0 radical (unpaired) electrons. The number of carboxylic acids is 1. The Balaban J connectivity index is 3.53. The van der Waals surface area contributed by atoms with Crippen molar-refractivity contribution >= 4 is 12.3 Å². The molecule has 0 amide bonds. The maximum atomic E-state index is 10.9. The summed E-state index contributed by atoms with van der Waals surface area (Å²) in [4.78, 5) is 21.6. The lowest BCUT2D eigenvalue weighted by Gasteiger charge is -2.04. The summed E-state index contributed by atoms with van der Waals surface area (Å²) in [5, 5.41) is 18.3. The Kier molecular flexibility index (Phi) is 3.64. The average Bonchev–Trinajstić information content (AvgIpc) is 2.25. The van der Waals surface area contributed by atoms with Crippen molar-refractivity contribution in [1.29, 1.82) is 0 Å². The van der Waals surface area contributed by atoms with E-state index in [1.54, 1.807) is 0 Å². The van der Waals surface area contributed by atoms with E-state index in [4.69, 9.17) is 10.8 Å². The van der Waals surface area contributed by atoms with E-state index in [2.05, 4.69) is 11.8 Å². The van der Waals surface area contributed by atoms with Gasteiger partial charge in [0.25, 0.3) is 0 Å². The predicted octanol–water partition coefficient (Wildman–Crippen LogP) is 0.213. The maximum absolute atomic E-state index is 10.9. The summed E-state index contributed by atoms with van der Waals surface area (Å²) in [5.41, 5.74) is 4.86. The first-order chi connectivity index (χ1) is 7.61. The molecule has 0 heterocycles. The second-order valence-corrected chi connectivity index (χ2v) is 2.85. The molecule has 0 saturated carbocycles. The fraction of sp³-hybridized carbons (Fsp3) is 0.0909. The number of hydrogen-bond acceptors (Lipinski definition) is 4. The second-order valence-electron chi connectivity index (χ2n) is 2.85. The van der Waals surface area contributed by atoms with Gasteiger partial charge in [0.2, 0.25) is 0 Å². The van der Waals surface area contributed by atoms with Crippen LogP contribution in [-0.2, 0) is 0 Å². The second kappa shape index (κ2) is 4.96. The van der Waals surface area contributed by atoms with Gasteiger partial charge in [-0.3, -0.25) is 4.79 Å². The van der Waals surface area contributed by atoms with Gasteiger partial charge in [-0.05, 0) is 12.1 Å². The monoisotopic (exact) mass is 219 g/mol. The summed E-state index contributed by atoms with van der Waals surface area (Å²) in [7, 11) is 0. The first-order valence-corrected chi connectivity index (χ1v) is 4.35. The molecule has 0 spiro atoms. The van der Waals surface area contributed by atoms with Crippen LogP contribution in [-0.4, -0.2) is 29.0 Å². The number of hydrogen-bond donors (Lipinski definition) is 3. The number of rotatable bonds is 2. The van der Waals surface area contributed by atoms with Crippen molar-refractivity contribution in [3.63, 3.8) is 0 Å². The molecule has 0 aromatic heterocycles. The van der Waals surface area contributed by atoms with E-state index in [9.17, 15) is 14.7 Å². The van der Waals surface area contributed by atoms with Gasteiger partial charge in [0.1, 0.15) is 5.75 Å². The van der Waals surface area contributed by atoms with Gasteiger partial charge in [-0.1, -0.05) is 11.8 Å². The fourth-order valence-electron chi connectivity index (χ4n) is 1.18. The molecule has 16 heavy (non-hydrogen) atoms. The lowest BCUT2D eigenvalue weighted by molar-refractivity contribution is 0.0696. The van der Waals surface area contributed by atoms with Crippen molar-refractivity contribution in [1.82, 2.24) is 0 Å². The van der Waals surface area contributed by atoms with Crippen LogP contribution in [0.25, 0.3) is 0 Å². The van der Waals surface area contributed by atoms with Crippen LogP contribution in [0.4, 0.5) is 0 Å². The predicted molar refractivity (Wildman–Crippen MR) is 56.4 cm³/mol. The minimum atomic E-state index is -1.22. The van der Waals surface area contributed by atoms with Gasteiger partial charge >= 0.3 is 5.97 Å². The van der Waals surface area contributed by atoms with Crippen molar-refractivity contribution in [3.05, 3.63) is 28.8 Å². The van der Waals surface area contributed by atoms with Crippen LogP contribution < -0.4 is 5.73 Å². The molecule has 0 aliphatic carbocycles. The molecule has 0 saturated heterocycles. The zero-order valence-electron chi connectivity index (χ0n) is 8.23. The molecule has 1 rings (SSSR count). The van der Waals surface area contributed by atoms with Crippen molar-refractivity contribution in [2.75, 3.05) is 6.54 Å². The first-order valence-electron chi connectivity index (χ1n) is 4.35.